The Kier molecular flexibility index (Phi) is 7.45. The van der Waals surface area contributed by atoms with Crippen LogP contribution in [0.2, 0.25) is 0 Å². The summed E-state index contributed by atoms with van der Waals surface area (Å²) in [6.07, 6.45) is 1.53. The predicted molar refractivity (Wildman–Crippen MR) is 129 cm³/mol. The monoisotopic (exact) mass is 486 g/mol. The summed E-state index contributed by atoms with van der Waals surface area (Å²) in [6, 6.07) is 11.3. The second-order valence-electron chi connectivity index (χ2n) is 8.09. The molecule has 2 atom stereocenters. The van der Waals surface area contributed by atoms with E-state index < -0.39 is 0 Å². The molecule has 4 rings (SSSR count). The number of ether oxygens (including phenoxy) is 1. The van der Waals surface area contributed by atoms with Crippen LogP contribution in [0.15, 0.2) is 53.2 Å². The molecule has 2 aromatic heterocycles. The fourth-order valence-corrected chi connectivity index (χ4v) is 5.64. The number of hydrogen-bond acceptors (Lipinski definition) is 5. The lowest BCUT2D eigenvalue weighted by Gasteiger charge is -2.38. The van der Waals surface area contributed by atoms with Crippen molar-refractivity contribution in [2.24, 2.45) is 0 Å². The van der Waals surface area contributed by atoms with Gasteiger partial charge in [-0.1, -0.05) is 19.1 Å². The van der Waals surface area contributed by atoms with E-state index in [1.165, 1.54) is 28.3 Å². The molecule has 8 heteroatoms. The second-order valence-corrected chi connectivity index (χ2v) is 10.0. The van der Waals surface area contributed by atoms with Gasteiger partial charge < -0.3 is 14.5 Å². The number of halogens is 1. The highest BCUT2D eigenvalue weighted by atomic mass is 32.1. The molecule has 5 nitrogen and oxygen atoms in total. The Labute approximate surface area is 201 Å². The Hall–Kier alpha value is -2.71. The van der Waals surface area contributed by atoms with Crippen molar-refractivity contribution in [3.63, 3.8) is 0 Å². The zero-order valence-electron chi connectivity index (χ0n) is 18.7. The topological polar surface area (TPSA) is 49.9 Å². The van der Waals surface area contributed by atoms with E-state index in [2.05, 4.69) is 0 Å². The van der Waals surface area contributed by atoms with Crippen LogP contribution in [0.1, 0.15) is 46.4 Å². The van der Waals surface area contributed by atoms with Gasteiger partial charge in [0.2, 0.25) is 5.91 Å². The maximum absolute atomic E-state index is 13.6. The van der Waals surface area contributed by atoms with Crippen LogP contribution < -0.4 is 4.74 Å². The fourth-order valence-electron chi connectivity index (χ4n) is 4.03. The molecule has 0 saturated heterocycles. The molecule has 174 valence electrons. The molecule has 0 bridgehead atoms. The number of carbonyl (C=O) groups is 2. The molecule has 3 heterocycles. The van der Waals surface area contributed by atoms with E-state index in [9.17, 15) is 14.0 Å². The molecule has 0 N–H and O–H groups in total. The van der Waals surface area contributed by atoms with Crippen LogP contribution in [0.5, 0.6) is 5.75 Å². The first kappa shape index (κ1) is 23.4. The molecule has 0 saturated carbocycles. The van der Waals surface area contributed by atoms with Crippen molar-refractivity contribution in [1.29, 1.82) is 0 Å². The van der Waals surface area contributed by atoms with Crippen LogP contribution in [-0.4, -0.2) is 47.4 Å². The van der Waals surface area contributed by atoms with E-state index in [1.807, 2.05) is 41.6 Å². The summed E-state index contributed by atoms with van der Waals surface area (Å²) < 4.78 is 19.5. The van der Waals surface area contributed by atoms with Gasteiger partial charge in [-0.3, -0.25) is 9.59 Å². The SMILES string of the molecule is CC[C@H](C)N(CC(=O)N1CCc2sccc2[C@@H]1COc1cccc(F)c1)C(=O)c1cccs1. The lowest BCUT2D eigenvalue weighted by atomic mass is 10.00. The molecular formula is C25H27FN2O3S2. The first-order valence-electron chi connectivity index (χ1n) is 11.1. The van der Waals surface area contributed by atoms with E-state index in [-0.39, 0.29) is 42.9 Å². The lowest BCUT2D eigenvalue weighted by Crippen LogP contribution is -2.49. The Bertz CT molecular complexity index is 1100. The molecule has 0 fully saturated rings. The molecule has 3 aromatic rings. The van der Waals surface area contributed by atoms with Crippen LogP contribution in [0, 0.1) is 5.82 Å². The van der Waals surface area contributed by atoms with Crippen molar-refractivity contribution in [2.45, 2.75) is 38.8 Å². The maximum Gasteiger partial charge on any atom is 0.264 e. The van der Waals surface area contributed by atoms with Gasteiger partial charge in [0.15, 0.2) is 0 Å². The van der Waals surface area contributed by atoms with Gasteiger partial charge in [-0.15, -0.1) is 22.7 Å². The van der Waals surface area contributed by atoms with E-state index in [4.69, 9.17) is 4.74 Å². The third-order valence-corrected chi connectivity index (χ3v) is 7.89. The first-order chi connectivity index (χ1) is 16.0. The Morgan fingerprint density at radius 2 is 2.06 bits per heavy atom. The average molecular weight is 487 g/mol. The predicted octanol–water partition coefficient (Wildman–Crippen LogP) is 5.39. The number of carbonyl (C=O) groups excluding carboxylic acids is 2. The third kappa shape index (κ3) is 5.28. The van der Waals surface area contributed by atoms with Crippen LogP contribution >= 0.6 is 22.7 Å². The number of thiophene rings is 2. The minimum absolute atomic E-state index is 0.0156. The van der Waals surface area contributed by atoms with Gasteiger partial charge in [-0.2, -0.15) is 0 Å². The summed E-state index contributed by atoms with van der Waals surface area (Å²) in [5.74, 6) is -0.158. The Morgan fingerprint density at radius 3 is 2.79 bits per heavy atom. The highest BCUT2D eigenvalue weighted by Gasteiger charge is 2.34. The fraction of sp³-hybridized carbons (Fsp3) is 0.360. The minimum atomic E-state index is -0.364. The van der Waals surface area contributed by atoms with Gasteiger partial charge in [-0.25, -0.2) is 4.39 Å². The zero-order valence-corrected chi connectivity index (χ0v) is 20.3. The Morgan fingerprint density at radius 1 is 1.21 bits per heavy atom. The van der Waals surface area contributed by atoms with Crippen molar-refractivity contribution < 1.29 is 18.7 Å². The number of hydrogen-bond donors (Lipinski definition) is 0. The highest BCUT2D eigenvalue weighted by molar-refractivity contribution is 7.12. The van der Waals surface area contributed by atoms with E-state index >= 15 is 0 Å². The van der Waals surface area contributed by atoms with Gasteiger partial charge in [0.25, 0.3) is 5.91 Å². The molecule has 1 aliphatic heterocycles. The van der Waals surface area contributed by atoms with E-state index in [0.717, 1.165) is 18.4 Å². The first-order valence-corrected chi connectivity index (χ1v) is 12.8. The number of rotatable bonds is 8. The molecular weight excluding hydrogens is 459 g/mol. The quantitative estimate of drug-likeness (QED) is 0.429. The van der Waals surface area contributed by atoms with Gasteiger partial charge in [0, 0.05) is 23.5 Å². The summed E-state index contributed by atoms with van der Waals surface area (Å²) in [6.45, 7) is 4.78. The van der Waals surface area contributed by atoms with Crippen molar-refractivity contribution in [3.8, 4) is 5.75 Å². The standard InChI is InChI=1S/C25H27FN2O3S2/c1-3-17(2)28(25(30)23-8-5-12-32-23)15-24(29)27-11-9-22-20(10-13-33-22)21(27)16-31-19-7-4-6-18(26)14-19/h4-8,10,12-14,17,21H,3,9,11,15-16H2,1-2H3/t17-,21-/m0/s1. The largest absolute Gasteiger partial charge is 0.491 e. The van der Waals surface area contributed by atoms with Crippen molar-refractivity contribution in [1.82, 2.24) is 9.80 Å². The van der Waals surface area contributed by atoms with Crippen molar-refractivity contribution in [3.05, 3.63) is 74.4 Å². The number of amides is 2. The molecule has 1 aliphatic rings. The Balaban J connectivity index is 1.54. The lowest BCUT2D eigenvalue weighted by molar-refractivity contribution is -0.136. The minimum Gasteiger partial charge on any atom is -0.491 e. The average Bonchev–Trinajstić information content (AvgIpc) is 3.52. The number of fused-ring (bicyclic) bond motifs is 1. The van der Waals surface area contributed by atoms with Crippen LogP contribution in [0.4, 0.5) is 4.39 Å². The normalized spacial score (nSPS) is 16.2. The highest BCUT2D eigenvalue weighted by Crippen LogP contribution is 2.34. The summed E-state index contributed by atoms with van der Waals surface area (Å²) in [5.41, 5.74) is 1.07. The second kappa shape index (κ2) is 10.5. The van der Waals surface area contributed by atoms with Crippen LogP contribution in [0.25, 0.3) is 0 Å². The summed E-state index contributed by atoms with van der Waals surface area (Å²) in [7, 11) is 0. The van der Waals surface area contributed by atoms with Gasteiger partial charge in [0.05, 0.1) is 10.9 Å². The molecule has 0 radical (unpaired) electrons. The molecule has 1 aromatic carbocycles. The number of nitrogens with zero attached hydrogens (tertiary/aromatic N) is 2. The van der Waals surface area contributed by atoms with Gasteiger partial charge in [0.1, 0.15) is 24.7 Å². The summed E-state index contributed by atoms with van der Waals surface area (Å²) in [5, 5.41) is 3.89. The van der Waals surface area contributed by atoms with Crippen LogP contribution in [-0.2, 0) is 11.2 Å². The molecule has 33 heavy (non-hydrogen) atoms. The maximum atomic E-state index is 13.6. The van der Waals surface area contributed by atoms with Crippen molar-refractivity contribution >= 4 is 34.5 Å². The summed E-state index contributed by atoms with van der Waals surface area (Å²) in [4.78, 5) is 32.0. The van der Waals surface area contributed by atoms with Crippen LogP contribution in [0.3, 0.4) is 0 Å². The van der Waals surface area contributed by atoms with Crippen molar-refractivity contribution in [2.75, 3.05) is 19.7 Å². The zero-order chi connectivity index (χ0) is 23.4. The molecule has 0 unspecified atom stereocenters. The van der Waals surface area contributed by atoms with E-state index in [0.29, 0.717) is 17.2 Å². The molecule has 2 amide bonds. The summed E-state index contributed by atoms with van der Waals surface area (Å²) >= 11 is 3.06. The molecule has 0 aliphatic carbocycles. The van der Waals surface area contributed by atoms with Gasteiger partial charge >= 0.3 is 0 Å². The van der Waals surface area contributed by atoms with E-state index in [1.54, 1.807) is 34.4 Å². The van der Waals surface area contributed by atoms with Gasteiger partial charge in [-0.05, 0) is 60.4 Å². The third-order valence-electron chi connectivity index (χ3n) is 6.04. The molecule has 0 spiro atoms. The number of benzene rings is 1. The smallest absolute Gasteiger partial charge is 0.264 e.